The average molecular weight is 449 g/mol. The molecule has 0 radical (unpaired) electrons. The van der Waals surface area contributed by atoms with Gasteiger partial charge in [0.2, 0.25) is 5.91 Å². The third kappa shape index (κ3) is 5.85. The van der Waals surface area contributed by atoms with E-state index in [1.165, 1.54) is 0 Å². The molecule has 2 aromatic rings. The van der Waals surface area contributed by atoms with E-state index in [1.54, 1.807) is 30.4 Å². The minimum absolute atomic E-state index is 0. The summed E-state index contributed by atoms with van der Waals surface area (Å²) in [4.78, 5) is 46.1. The number of benzene rings is 1. The quantitative estimate of drug-likeness (QED) is 0.574. The van der Waals surface area contributed by atoms with E-state index in [-0.39, 0.29) is 24.2 Å². The van der Waals surface area contributed by atoms with Gasteiger partial charge < -0.3 is 20.3 Å². The molecule has 1 aliphatic heterocycles. The molecule has 0 bridgehead atoms. The van der Waals surface area contributed by atoms with Gasteiger partial charge in [0.1, 0.15) is 12.1 Å². The van der Waals surface area contributed by atoms with Crippen LogP contribution in [0.3, 0.4) is 0 Å². The van der Waals surface area contributed by atoms with Crippen molar-refractivity contribution in [3.8, 4) is 0 Å². The van der Waals surface area contributed by atoms with E-state index in [0.717, 1.165) is 11.3 Å². The first-order valence-corrected chi connectivity index (χ1v) is 10.3. The molecule has 2 amide bonds. The summed E-state index contributed by atoms with van der Waals surface area (Å²) in [5, 5.41) is 12.1. The topological polar surface area (TPSA) is 115 Å². The third-order valence-corrected chi connectivity index (χ3v) is 5.72. The minimum atomic E-state index is -1.06. The van der Waals surface area contributed by atoms with Crippen molar-refractivity contribution in [1.29, 1.82) is 0 Å². The number of imidazole rings is 1. The van der Waals surface area contributed by atoms with Gasteiger partial charge in [-0.05, 0) is 36.5 Å². The highest BCUT2D eigenvalue weighted by Crippen LogP contribution is 2.22. The predicted molar refractivity (Wildman–Crippen MR) is 118 cm³/mol. The second kappa shape index (κ2) is 10.9. The molecule has 3 N–H and O–H groups in total. The molecule has 2 heterocycles. The van der Waals surface area contributed by atoms with Crippen molar-refractivity contribution in [3.63, 3.8) is 0 Å². The number of carboxylic acid groups (broad SMARTS) is 1. The lowest BCUT2D eigenvalue weighted by Gasteiger charge is -2.27. The van der Waals surface area contributed by atoms with E-state index in [4.69, 9.17) is 0 Å². The Morgan fingerprint density at radius 1 is 1.35 bits per heavy atom. The molecule has 9 heteroatoms. The van der Waals surface area contributed by atoms with Crippen LogP contribution in [0.2, 0.25) is 0 Å². The Morgan fingerprint density at radius 2 is 2.13 bits per heavy atom. The van der Waals surface area contributed by atoms with Crippen LogP contribution in [-0.4, -0.2) is 56.4 Å². The van der Waals surface area contributed by atoms with Gasteiger partial charge in [0.15, 0.2) is 0 Å². The van der Waals surface area contributed by atoms with E-state index >= 15 is 0 Å². The maximum atomic E-state index is 13.1. The standard InChI is InChI=1S/C22H28N4O4.ClH/c1-3-14(2)19(22(29)30)25-20(27)18-8-5-9-26(18)21(28)16-7-4-6-15(10-16)11-17-12-23-13-24-17;/h4,6-7,10,12-14,18-19H,3,5,8-9,11H2,1-2H3,(H,23,24)(H,25,27)(H,29,30);1H/t14-,18-,19-;/m0./s1. The van der Waals surface area contributed by atoms with E-state index < -0.39 is 24.0 Å². The van der Waals surface area contributed by atoms with E-state index in [2.05, 4.69) is 15.3 Å². The molecule has 1 aliphatic rings. The number of hydrogen-bond acceptors (Lipinski definition) is 4. The summed E-state index contributed by atoms with van der Waals surface area (Å²) in [5.74, 6) is -1.87. The van der Waals surface area contributed by atoms with Crippen molar-refractivity contribution >= 4 is 30.2 Å². The lowest BCUT2D eigenvalue weighted by Crippen LogP contribution is -2.52. The Morgan fingerprint density at radius 3 is 2.77 bits per heavy atom. The third-order valence-electron chi connectivity index (χ3n) is 5.72. The Balaban J connectivity index is 0.00000341. The second-order valence-electron chi connectivity index (χ2n) is 7.82. The van der Waals surface area contributed by atoms with Gasteiger partial charge in [-0.1, -0.05) is 32.4 Å². The van der Waals surface area contributed by atoms with Crippen LogP contribution in [0.25, 0.3) is 0 Å². The highest BCUT2D eigenvalue weighted by atomic mass is 35.5. The molecule has 8 nitrogen and oxygen atoms in total. The van der Waals surface area contributed by atoms with E-state index in [0.29, 0.717) is 37.8 Å². The van der Waals surface area contributed by atoms with Crippen molar-refractivity contribution < 1.29 is 19.5 Å². The number of carbonyl (C=O) groups excluding carboxylic acids is 2. The molecule has 0 aliphatic carbocycles. The maximum absolute atomic E-state index is 13.1. The fraction of sp³-hybridized carbons (Fsp3) is 0.455. The number of aromatic nitrogens is 2. The molecular weight excluding hydrogens is 420 g/mol. The summed E-state index contributed by atoms with van der Waals surface area (Å²) in [6.07, 6.45) is 5.85. The maximum Gasteiger partial charge on any atom is 0.326 e. The molecule has 1 aromatic carbocycles. The van der Waals surface area contributed by atoms with Gasteiger partial charge in [-0.25, -0.2) is 9.78 Å². The van der Waals surface area contributed by atoms with Crippen LogP contribution < -0.4 is 5.32 Å². The zero-order valence-corrected chi connectivity index (χ0v) is 18.5. The van der Waals surface area contributed by atoms with Crippen LogP contribution in [0.4, 0.5) is 0 Å². The Hall–Kier alpha value is -2.87. The number of aromatic amines is 1. The second-order valence-corrected chi connectivity index (χ2v) is 7.82. The number of carboxylic acids is 1. The van der Waals surface area contributed by atoms with Crippen molar-refractivity contribution in [2.45, 2.75) is 51.6 Å². The van der Waals surface area contributed by atoms with Gasteiger partial charge in [-0.3, -0.25) is 9.59 Å². The molecule has 31 heavy (non-hydrogen) atoms. The zero-order valence-electron chi connectivity index (χ0n) is 17.7. The van der Waals surface area contributed by atoms with Crippen LogP contribution in [0.15, 0.2) is 36.8 Å². The highest BCUT2D eigenvalue weighted by molar-refractivity contribution is 5.98. The summed E-state index contributed by atoms with van der Waals surface area (Å²) in [6.45, 7) is 4.15. The monoisotopic (exact) mass is 448 g/mol. The molecule has 0 saturated carbocycles. The largest absolute Gasteiger partial charge is 0.480 e. The smallest absolute Gasteiger partial charge is 0.326 e. The number of rotatable bonds is 8. The first-order valence-electron chi connectivity index (χ1n) is 10.3. The van der Waals surface area contributed by atoms with Crippen LogP contribution in [0.1, 0.15) is 54.7 Å². The van der Waals surface area contributed by atoms with Gasteiger partial charge in [0.05, 0.1) is 6.33 Å². The number of likely N-dealkylation sites (tertiary alicyclic amines) is 1. The summed E-state index contributed by atoms with van der Waals surface area (Å²) in [5.41, 5.74) is 2.43. The van der Waals surface area contributed by atoms with E-state index in [9.17, 15) is 19.5 Å². The summed E-state index contributed by atoms with van der Waals surface area (Å²) < 4.78 is 0. The lowest BCUT2D eigenvalue weighted by atomic mass is 9.98. The van der Waals surface area contributed by atoms with Crippen LogP contribution >= 0.6 is 12.4 Å². The zero-order chi connectivity index (χ0) is 21.7. The van der Waals surface area contributed by atoms with Crippen LogP contribution in [0.5, 0.6) is 0 Å². The Bertz CT molecular complexity index is 903. The number of halogens is 1. The minimum Gasteiger partial charge on any atom is -0.480 e. The van der Waals surface area contributed by atoms with E-state index in [1.807, 2.05) is 25.1 Å². The molecule has 1 aromatic heterocycles. The lowest BCUT2D eigenvalue weighted by molar-refractivity contribution is -0.143. The molecule has 168 valence electrons. The van der Waals surface area contributed by atoms with Gasteiger partial charge in [-0.2, -0.15) is 0 Å². The summed E-state index contributed by atoms with van der Waals surface area (Å²) in [6, 6.07) is 5.72. The first-order chi connectivity index (χ1) is 14.4. The van der Waals surface area contributed by atoms with Crippen molar-refractivity contribution in [1.82, 2.24) is 20.2 Å². The number of hydrogen-bond donors (Lipinski definition) is 3. The Labute approximate surface area is 187 Å². The molecule has 1 saturated heterocycles. The first kappa shape index (κ1) is 24.4. The molecular formula is C22H29ClN4O4. The summed E-state index contributed by atoms with van der Waals surface area (Å²) >= 11 is 0. The fourth-order valence-corrected chi connectivity index (χ4v) is 3.80. The highest BCUT2D eigenvalue weighted by Gasteiger charge is 2.37. The normalized spacial score (nSPS) is 17.5. The van der Waals surface area contributed by atoms with Crippen LogP contribution in [-0.2, 0) is 16.0 Å². The van der Waals surface area contributed by atoms with Gasteiger partial charge in [-0.15, -0.1) is 12.4 Å². The molecule has 1 fully saturated rings. The van der Waals surface area contributed by atoms with Crippen molar-refractivity contribution in [3.05, 3.63) is 53.6 Å². The fourth-order valence-electron chi connectivity index (χ4n) is 3.80. The van der Waals surface area contributed by atoms with Crippen molar-refractivity contribution in [2.24, 2.45) is 5.92 Å². The number of amides is 2. The van der Waals surface area contributed by atoms with Gasteiger partial charge in [0, 0.05) is 30.4 Å². The molecule has 3 atom stereocenters. The van der Waals surface area contributed by atoms with Crippen molar-refractivity contribution in [2.75, 3.05) is 6.54 Å². The number of aliphatic carboxylic acids is 1. The molecule has 0 unspecified atom stereocenters. The van der Waals surface area contributed by atoms with Crippen LogP contribution in [0, 0.1) is 5.92 Å². The predicted octanol–water partition coefficient (Wildman–Crippen LogP) is 2.64. The molecule has 3 rings (SSSR count). The Kier molecular flexibility index (Phi) is 8.62. The number of nitrogens with one attached hydrogen (secondary N) is 2. The number of H-pyrrole nitrogens is 1. The summed E-state index contributed by atoms with van der Waals surface area (Å²) in [7, 11) is 0. The van der Waals surface area contributed by atoms with Gasteiger partial charge >= 0.3 is 5.97 Å². The number of carbonyl (C=O) groups is 3. The SMILES string of the molecule is CC[C@H](C)[C@H](NC(=O)[C@@H]1CCCN1C(=O)c1cccc(Cc2cnc[nH]2)c1)C(=O)O.Cl. The number of nitrogens with zero attached hydrogens (tertiary/aromatic N) is 2. The molecule has 0 spiro atoms. The average Bonchev–Trinajstić information content (AvgIpc) is 3.42. The van der Waals surface area contributed by atoms with Gasteiger partial charge in [0.25, 0.3) is 5.91 Å².